The molecule has 1 aromatic rings. The van der Waals surface area contributed by atoms with Crippen LogP contribution < -0.4 is 10.2 Å². The van der Waals surface area contributed by atoms with Crippen molar-refractivity contribution in [2.24, 2.45) is 0 Å². The quantitative estimate of drug-likeness (QED) is 0.897. The van der Waals surface area contributed by atoms with Crippen molar-refractivity contribution < 1.29 is 4.79 Å². The zero-order valence-electron chi connectivity index (χ0n) is 12.1. The Bertz CT molecular complexity index is 482. The average molecular weight is 273 g/mol. The number of benzene rings is 1. The van der Waals surface area contributed by atoms with E-state index < -0.39 is 0 Å². The van der Waals surface area contributed by atoms with E-state index in [2.05, 4.69) is 35.3 Å². The van der Waals surface area contributed by atoms with E-state index in [0.29, 0.717) is 12.6 Å². The van der Waals surface area contributed by atoms with Crippen LogP contribution >= 0.6 is 0 Å². The number of hydrogen-bond donors (Lipinski definition) is 1. The van der Waals surface area contributed by atoms with Gasteiger partial charge in [0.1, 0.15) is 0 Å². The van der Waals surface area contributed by atoms with Crippen LogP contribution in [0.15, 0.2) is 24.3 Å². The fourth-order valence-electron chi connectivity index (χ4n) is 3.31. The summed E-state index contributed by atoms with van der Waals surface area (Å²) in [5, 5.41) is 3.38. The Balaban J connectivity index is 1.67. The zero-order valence-corrected chi connectivity index (χ0v) is 12.1. The molecule has 0 aromatic heterocycles. The summed E-state index contributed by atoms with van der Waals surface area (Å²) in [6.45, 7) is 6.53. The zero-order chi connectivity index (χ0) is 13.9. The van der Waals surface area contributed by atoms with Gasteiger partial charge in [0, 0.05) is 24.8 Å². The number of fused-ring (bicyclic) bond motifs is 1. The number of nitrogens with zero attached hydrogens (tertiary/aromatic N) is 2. The van der Waals surface area contributed by atoms with E-state index in [9.17, 15) is 4.79 Å². The molecule has 0 bridgehead atoms. The number of amides is 1. The van der Waals surface area contributed by atoms with Gasteiger partial charge >= 0.3 is 0 Å². The molecule has 1 saturated heterocycles. The standard InChI is InChI=1S/C16H23N3O/c1-2-18(14-7-9-17-11-14)12-16(20)19-10-8-13-5-3-4-6-15(13)19/h3-6,14,17H,2,7-12H2,1H3. The summed E-state index contributed by atoms with van der Waals surface area (Å²) in [5.41, 5.74) is 2.41. The molecule has 2 aliphatic heterocycles. The molecule has 4 nitrogen and oxygen atoms in total. The van der Waals surface area contributed by atoms with E-state index >= 15 is 0 Å². The monoisotopic (exact) mass is 273 g/mol. The number of para-hydroxylation sites is 1. The van der Waals surface area contributed by atoms with Crippen LogP contribution in [0.5, 0.6) is 0 Å². The third-order valence-corrected chi connectivity index (χ3v) is 4.48. The fourth-order valence-corrected chi connectivity index (χ4v) is 3.31. The highest BCUT2D eigenvalue weighted by Gasteiger charge is 2.28. The molecule has 3 rings (SSSR count). The Labute approximate surface area is 120 Å². The van der Waals surface area contributed by atoms with Crippen molar-refractivity contribution in [3.63, 3.8) is 0 Å². The number of likely N-dealkylation sites (N-methyl/N-ethyl adjacent to an activating group) is 1. The number of hydrogen-bond acceptors (Lipinski definition) is 3. The third-order valence-electron chi connectivity index (χ3n) is 4.48. The topological polar surface area (TPSA) is 35.6 Å². The highest BCUT2D eigenvalue weighted by atomic mass is 16.2. The smallest absolute Gasteiger partial charge is 0.241 e. The number of nitrogens with one attached hydrogen (secondary N) is 1. The molecule has 1 atom stereocenters. The minimum Gasteiger partial charge on any atom is -0.315 e. The minimum atomic E-state index is 0.240. The van der Waals surface area contributed by atoms with Crippen molar-refractivity contribution in [1.29, 1.82) is 0 Å². The SMILES string of the molecule is CCN(CC(=O)N1CCc2ccccc21)C1CCNC1. The highest BCUT2D eigenvalue weighted by Crippen LogP contribution is 2.27. The molecule has 1 unspecified atom stereocenters. The van der Waals surface area contributed by atoms with Gasteiger partial charge in [-0.3, -0.25) is 9.69 Å². The Morgan fingerprint density at radius 1 is 1.45 bits per heavy atom. The normalized spacial score (nSPS) is 21.5. The lowest BCUT2D eigenvalue weighted by molar-refractivity contribution is -0.120. The number of anilines is 1. The van der Waals surface area contributed by atoms with Crippen LogP contribution in [0.3, 0.4) is 0 Å². The van der Waals surface area contributed by atoms with Crippen LogP contribution in [-0.2, 0) is 11.2 Å². The molecule has 108 valence electrons. The first-order valence-corrected chi connectivity index (χ1v) is 7.62. The van der Waals surface area contributed by atoms with Crippen LogP contribution in [-0.4, -0.2) is 49.6 Å². The summed E-state index contributed by atoms with van der Waals surface area (Å²) < 4.78 is 0. The van der Waals surface area contributed by atoms with Gasteiger partial charge in [0.15, 0.2) is 0 Å². The fraction of sp³-hybridized carbons (Fsp3) is 0.562. The lowest BCUT2D eigenvalue weighted by Crippen LogP contribution is -2.45. The van der Waals surface area contributed by atoms with Gasteiger partial charge in [-0.15, -0.1) is 0 Å². The van der Waals surface area contributed by atoms with E-state index in [4.69, 9.17) is 0 Å². The van der Waals surface area contributed by atoms with Crippen LogP contribution in [0.2, 0.25) is 0 Å². The van der Waals surface area contributed by atoms with Crippen molar-refractivity contribution in [2.45, 2.75) is 25.8 Å². The average Bonchev–Trinajstić information content (AvgIpc) is 3.13. The summed E-state index contributed by atoms with van der Waals surface area (Å²) in [6, 6.07) is 8.77. The van der Waals surface area contributed by atoms with E-state index in [1.165, 1.54) is 5.56 Å². The maximum atomic E-state index is 12.6. The first-order valence-electron chi connectivity index (χ1n) is 7.62. The van der Waals surface area contributed by atoms with Crippen LogP contribution in [0.4, 0.5) is 5.69 Å². The summed E-state index contributed by atoms with van der Waals surface area (Å²) in [6.07, 6.45) is 2.14. The Hall–Kier alpha value is -1.39. The third kappa shape index (κ3) is 2.58. The molecule has 1 amide bonds. The van der Waals surface area contributed by atoms with Gasteiger partial charge in [-0.05, 0) is 37.6 Å². The molecule has 2 heterocycles. The largest absolute Gasteiger partial charge is 0.315 e. The van der Waals surface area contributed by atoms with Crippen molar-refractivity contribution in [2.75, 3.05) is 37.6 Å². The van der Waals surface area contributed by atoms with Crippen molar-refractivity contribution >= 4 is 11.6 Å². The van der Waals surface area contributed by atoms with Gasteiger partial charge in [0.2, 0.25) is 5.91 Å². The predicted octanol–water partition coefficient (Wildman–Crippen LogP) is 1.26. The van der Waals surface area contributed by atoms with Crippen LogP contribution in [0, 0.1) is 0 Å². The van der Waals surface area contributed by atoms with Gasteiger partial charge in [-0.1, -0.05) is 25.1 Å². The molecule has 4 heteroatoms. The van der Waals surface area contributed by atoms with Gasteiger partial charge < -0.3 is 10.2 Å². The molecule has 1 aromatic carbocycles. The lowest BCUT2D eigenvalue weighted by atomic mass is 10.2. The van der Waals surface area contributed by atoms with Crippen molar-refractivity contribution in [3.8, 4) is 0 Å². The first kappa shape index (κ1) is 13.6. The predicted molar refractivity (Wildman–Crippen MR) is 81.0 cm³/mol. The second kappa shape index (κ2) is 5.94. The first-order chi connectivity index (χ1) is 9.79. The van der Waals surface area contributed by atoms with Gasteiger partial charge in [0.05, 0.1) is 6.54 Å². The van der Waals surface area contributed by atoms with Gasteiger partial charge in [0.25, 0.3) is 0 Å². The van der Waals surface area contributed by atoms with E-state index in [1.54, 1.807) is 0 Å². The minimum absolute atomic E-state index is 0.240. The number of carbonyl (C=O) groups excluding carboxylic acids is 1. The molecule has 1 fully saturated rings. The second-order valence-electron chi connectivity index (χ2n) is 5.63. The Kier molecular flexibility index (Phi) is 4.03. The van der Waals surface area contributed by atoms with Crippen molar-refractivity contribution in [3.05, 3.63) is 29.8 Å². The molecule has 1 N–H and O–H groups in total. The van der Waals surface area contributed by atoms with Crippen LogP contribution in [0.25, 0.3) is 0 Å². The van der Waals surface area contributed by atoms with Crippen molar-refractivity contribution in [1.82, 2.24) is 10.2 Å². The van der Waals surface area contributed by atoms with E-state index in [0.717, 1.165) is 44.7 Å². The Morgan fingerprint density at radius 2 is 2.30 bits per heavy atom. The number of carbonyl (C=O) groups is 1. The maximum absolute atomic E-state index is 12.6. The molecule has 0 radical (unpaired) electrons. The van der Waals surface area contributed by atoms with Gasteiger partial charge in [-0.25, -0.2) is 0 Å². The summed E-state index contributed by atoms with van der Waals surface area (Å²) in [5.74, 6) is 0.240. The molecular formula is C16H23N3O. The maximum Gasteiger partial charge on any atom is 0.241 e. The highest BCUT2D eigenvalue weighted by molar-refractivity contribution is 5.96. The van der Waals surface area contributed by atoms with Gasteiger partial charge in [-0.2, -0.15) is 0 Å². The lowest BCUT2D eigenvalue weighted by Gasteiger charge is -2.28. The Morgan fingerprint density at radius 3 is 3.05 bits per heavy atom. The summed E-state index contributed by atoms with van der Waals surface area (Å²) >= 11 is 0. The second-order valence-corrected chi connectivity index (χ2v) is 5.63. The molecule has 20 heavy (non-hydrogen) atoms. The van der Waals surface area contributed by atoms with Crippen LogP contribution in [0.1, 0.15) is 18.9 Å². The molecule has 0 saturated carbocycles. The number of rotatable bonds is 4. The molecular weight excluding hydrogens is 250 g/mol. The molecule has 2 aliphatic rings. The molecule has 0 aliphatic carbocycles. The molecule has 0 spiro atoms. The summed E-state index contributed by atoms with van der Waals surface area (Å²) in [7, 11) is 0. The summed E-state index contributed by atoms with van der Waals surface area (Å²) in [4.78, 5) is 16.9. The van der Waals surface area contributed by atoms with E-state index in [-0.39, 0.29) is 5.91 Å². The van der Waals surface area contributed by atoms with E-state index in [1.807, 2.05) is 11.0 Å².